The van der Waals surface area contributed by atoms with Crippen molar-refractivity contribution in [1.82, 2.24) is 0 Å². The maximum Gasteiger partial charge on any atom is 0.171 e. The third-order valence-electron chi connectivity index (χ3n) is 14.3. The van der Waals surface area contributed by atoms with Gasteiger partial charge in [-0.2, -0.15) is 0 Å². The zero-order valence-electron chi connectivity index (χ0n) is 33.0. The number of fused-ring (bicyclic) bond motifs is 21. The molecule has 0 saturated carbocycles. The van der Waals surface area contributed by atoms with Crippen LogP contribution in [0.1, 0.15) is 50.4 Å². The minimum atomic E-state index is -3.56. The summed E-state index contributed by atoms with van der Waals surface area (Å²) in [6, 6.07) is 65.9. The lowest BCUT2D eigenvalue weighted by Crippen LogP contribution is -2.36. The summed E-state index contributed by atoms with van der Waals surface area (Å²) < 4.78 is 18.1. The zero-order valence-corrected chi connectivity index (χ0v) is 35.5. The van der Waals surface area contributed by atoms with Crippen LogP contribution >= 0.6 is 23.1 Å². The molecule has 4 atom stereocenters. The molecule has 0 amide bonds. The van der Waals surface area contributed by atoms with Crippen LogP contribution < -0.4 is 15.9 Å². The van der Waals surface area contributed by atoms with Crippen LogP contribution in [0.5, 0.6) is 0 Å². The Balaban J connectivity index is 1.10. The highest BCUT2D eigenvalue weighted by Gasteiger charge is 2.54. The fourth-order valence-electron chi connectivity index (χ4n) is 11.9. The molecular formula is C58H36BrOP. The number of halogens is 1. The number of hydrogen-bond donors (Lipinski definition) is 0. The van der Waals surface area contributed by atoms with Gasteiger partial charge in [0.2, 0.25) is 0 Å². The average molecular weight is 860 g/mol. The van der Waals surface area contributed by atoms with Gasteiger partial charge in [-0.1, -0.05) is 198 Å². The quantitative estimate of drug-likeness (QED) is 0.128. The molecule has 0 heterocycles. The third kappa shape index (κ3) is 4.46. The minimum Gasteiger partial charge on any atom is -0.309 e. The molecule has 0 aliphatic heterocycles. The molecule has 0 fully saturated rings. The highest BCUT2D eigenvalue weighted by molar-refractivity contribution is 9.10. The van der Waals surface area contributed by atoms with Crippen molar-refractivity contribution in [2.24, 2.45) is 5.92 Å². The van der Waals surface area contributed by atoms with E-state index in [0.717, 1.165) is 25.9 Å². The van der Waals surface area contributed by atoms with Crippen LogP contribution in [-0.2, 0) is 15.4 Å². The van der Waals surface area contributed by atoms with Crippen LogP contribution in [0.15, 0.2) is 211 Å². The summed E-state index contributed by atoms with van der Waals surface area (Å²) in [7, 11) is -3.56. The smallest absolute Gasteiger partial charge is 0.171 e. The summed E-state index contributed by atoms with van der Waals surface area (Å²) >= 11 is 3.70. The largest absolute Gasteiger partial charge is 0.309 e. The highest BCUT2D eigenvalue weighted by Crippen LogP contribution is 2.64. The van der Waals surface area contributed by atoms with E-state index in [-0.39, 0.29) is 11.8 Å². The lowest BCUT2D eigenvalue weighted by atomic mass is 9.63. The van der Waals surface area contributed by atoms with Crippen molar-refractivity contribution >= 4 is 39.0 Å². The molecule has 5 aliphatic carbocycles. The van der Waals surface area contributed by atoms with Crippen molar-refractivity contribution in [2.75, 3.05) is 0 Å². The summed E-state index contributed by atoms with van der Waals surface area (Å²) in [5.74, 6) is 7.30. The summed E-state index contributed by atoms with van der Waals surface area (Å²) in [6.45, 7) is 0. The SMILES string of the molecule is O=P(c1ccc(Br)cc1)(c1ccc2c(c1)C1(c3ccccc3-c3ccccc31)c1ccccc1-2)c1ccc2c(c1)C1(c3ccccc3-2)c2ccccc2C2C#CC1/C=C\C=C/2. The van der Waals surface area contributed by atoms with Crippen molar-refractivity contribution in [2.45, 2.75) is 16.7 Å². The monoisotopic (exact) mass is 858 g/mol. The Morgan fingerprint density at radius 1 is 0.426 bits per heavy atom. The first-order chi connectivity index (χ1) is 30.0. The molecule has 0 aromatic heterocycles. The first kappa shape index (κ1) is 35.3. The number of hydrogen-bond acceptors (Lipinski definition) is 1. The van der Waals surface area contributed by atoms with Gasteiger partial charge in [0, 0.05) is 20.4 Å². The molecular weight excluding hydrogens is 824 g/mol. The Labute approximate surface area is 364 Å². The van der Waals surface area contributed by atoms with Crippen LogP contribution in [0.3, 0.4) is 0 Å². The molecule has 8 aromatic rings. The van der Waals surface area contributed by atoms with Crippen molar-refractivity contribution in [3.8, 4) is 45.2 Å². The molecule has 4 unspecified atom stereocenters. The van der Waals surface area contributed by atoms with Gasteiger partial charge in [-0.05, 0) is 114 Å². The topological polar surface area (TPSA) is 17.1 Å². The molecule has 1 nitrogen and oxygen atoms in total. The molecule has 3 heteroatoms. The summed E-state index contributed by atoms with van der Waals surface area (Å²) in [5.41, 5.74) is 16.0. The Hall–Kier alpha value is -6.49. The fraction of sp³-hybridized carbons (Fsp3) is 0.0690. The normalized spacial score (nSPS) is 21.5. The molecule has 5 aliphatic rings. The zero-order chi connectivity index (χ0) is 40.5. The predicted molar refractivity (Wildman–Crippen MR) is 254 cm³/mol. The van der Waals surface area contributed by atoms with Crippen molar-refractivity contribution in [1.29, 1.82) is 0 Å². The minimum absolute atomic E-state index is 0.0232. The predicted octanol–water partition coefficient (Wildman–Crippen LogP) is 12.6. The Bertz CT molecular complexity index is 3330. The summed E-state index contributed by atoms with van der Waals surface area (Å²) in [4.78, 5) is 0. The van der Waals surface area contributed by atoms with Gasteiger partial charge >= 0.3 is 0 Å². The lowest BCUT2D eigenvalue weighted by molar-refractivity contribution is 0.550. The fourth-order valence-corrected chi connectivity index (χ4v) is 14.8. The van der Waals surface area contributed by atoms with Gasteiger partial charge in [0.05, 0.1) is 22.7 Å². The van der Waals surface area contributed by atoms with E-state index in [1.807, 2.05) is 12.1 Å². The van der Waals surface area contributed by atoms with E-state index < -0.39 is 18.0 Å². The van der Waals surface area contributed by atoms with E-state index in [1.165, 1.54) is 72.3 Å². The second-order valence-corrected chi connectivity index (χ2v) is 20.6. The molecule has 8 aromatic carbocycles. The van der Waals surface area contributed by atoms with E-state index in [0.29, 0.717) is 0 Å². The first-order valence-corrected chi connectivity index (χ1v) is 23.5. The van der Waals surface area contributed by atoms with Gasteiger partial charge in [0.25, 0.3) is 0 Å². The van der Waals surface area contributed by atoms with Gasteiger partial charge in [0.15, 0.2) is 7.14 Å². The van der Waals surface area contributed by atoms with E-state index >= 15 is 4.57 Å². The third-order valence-corrected chi connectivity index (χ3v) is 17.8. The first-order valence-electron chi connectivity index (χ1n) is 21.0. The van der Waals surface area contributed by atoms with Crippen LogP contribution in [0, 0.1) is 17.8 Å². The van der Waals surface area contributed by atoms with Gasteiger partial charge in [0.1, 0.15) is 0 Å². The molecule has 61 heavy (non-hydrogen) atoms. The van der Waals surface area contributed by atoms with Crippen LogP contribution in [0.2, 0.25) is 0 Å². The number of benzene rings is 8. The highest BCUT2D eigenvalue weighted by atomic mass is 79.9. The second-order valence-electron chi connectivity index (χ2n) is 16.9. The number of rotatable bonds is 3. The van der Waals surface area contributed by atoms with Gasteiger partial charge < -0.3 is 4.57 Å². The molecule has 286 valence electrons. The van der Waals surface area contributed by atoms with Crippen molar-refractivity contribution < 1.29 is 4.57 Å². The lowest BCUT2D eigenvalue weighted by Gasteiger charge is -2.38. The van der Waals surface area contributed by atoms with Crippen LogP contribution in [0.25, 0.3) is 33.4 Å². The number of allylic oxidation sites excluding steroid dienone is 4. The molecule has 13 rings (SSSR count). The van der Waals surface area contributed by atoms with Gasteiger partial charge in [-0.3, -0.25) is 0 Å². The van der Waals surface area contributed by atoms with Gasteiger partial charge in [-0.25, -0.2) is 0 Å². The molecule has 2 bridgehead atoms. The van der Waals surface area contributed by atoms with E-state index in [1.54, 1.807) is 0 Å². The van der Waals surface area contributed by atoms with Crippen molar-refractivity contribution in [3.63, 3.8) is 0 Å². The van der Waals surface area contributed by atoms with Crippen molar-refractivity contribution in [3.05, 3.63) is 255 Å². The second kappa shape index (κ2) is 12.8. The molecule has 0 saturated heterocycles. The molecule has 2 spiro atoms. The molecule has 0 radical (unpaired) electrons. The Kier molecular flexibility index (Phi) is 7.38. The van der Waals surface area contributed by atoms with Crippen LogP contribution in [0.4, 0.5) is 0 Å². The summed E-state index contributed by atoms with van der Waals surface area (Å²) in [5, 5.41) is 2.45. The van der Waals surface area contributed by atoms with Gasteiger partial charge in [-0.15, -0.1) is 0 Å². The Morgan fingerprint density at radius 3 is 1.51 bits per heavy atom. The van der Waals surface area contributed by atoms with E-state index in [9.17, 15) is 0 Å². The van der Waals surface area contributed by atoms with Crippen LogP contribution in [-0.4, -0.2) is 0 Å². The maximum atomic E-state index is 17.2. The average Bonchev–Trinajstić information content (AvgIpc) is 3.86. The van der Waals surface area contributed by atoms with E-state index in [4.69, 9.17) is 0 Å². The maximum absolute atomic E-state index is 17.2. The Morgan fingerprint density at radius 2 is 0.885 bits per heavy atom. The summed E-state index contributed by atoms with van der Waals surface area (Å²) in [6.07, 6.45) is 8.83. The van der Waals surface area contributed by atoms with E-state index in [2.05, 4.69) is 222 Å². The molecule has 0 N–H and O–H groups in total. The standard InChI is InChI=1S/C58H36BrOP/c59-39-27-29-40(30-28-39)61(60,42-32-34-49-47-19-7-12-24-54(47)58(56(49)36-42)52-22-10-5-16-44(52)45-17-6-11-23-53(45)58)41-31-33-48-46-18-4-9-21-51(46)57(55(48)35-41)38-14-2-1-13-37(25-26-38)43-15-3-8-20-50(43)57/h1-24,27-38H/b13-1-,14-2-.